The van der Waals surface area contributed by atoms with Gasteiger partial charge in [0.1, 0.15) is 6.10 Å². The van der Waals surface area contributed by atoms with E-state index in [0.717, 1.165) is 12.0 Å². The number of piperazine rings is 1. The highest BCUT2D eigenvalue weighted by atomic mass is 32.2. The Labute approximate surface area is 148 Å². The number of nitrogens with zero attached hydrogens (tertiary/aromatic N) is 2. The molecule has 2 saturated heterocycles. The molecule has 0 aliphatic carbocycles. The number of sulfonamides is 1. The predicted octanol–water partition coefficient (Wildman–Crippen LogP) is 0.167. The number of benzene rings is 1. The summed E-state index contributed by atoms with van der Waals surface area (Å²) in [6.07, 6.45) is 1.02. The zero-order valence-electron chi connectivity index (χ0n) is 14.2. The van der Waals surface area contributed by atoms with Crippen LogP contribution in [0.1, 0.15) is 18.4 Å². The van der Waals surface area contributed by atoms with Crippen molar-refractivity contribution >= 4 is 15.9 Å². The second-order valence-electron chi connectivity index (χ2n) is 6.53. The van der Waals surface area contributed by atoms with E-state index in [0.29, 0.717) is 39.1 Å². The topological polar surface area (TPSA) is 92.9 Å². The van der Waals surface area contributed by atoms with Crippen molar-refractivity contribution in [1.82, 2.24) is 9.21 Å². The molecule has 2 atom stereocenters. The van der Waals surface area contributed by atoms with Gasteiger partial charge in [-0.05, 0) is 18.4 Å². The van der Waals surface area contributed by atoms with Crippen LogP contribution in [-0.2, 0) is 25.3 Å². The Bertz CT molecular complexity index is 687. The Morgan fingerprint density at radius 3 is 2.40 bits per heavy atom. The highest BCUT2D eigenvalue weighted by molar-refractivity contribution is 7.88. The van der Waals surface area contributed by atoms with E-state index >= 15 is 0 Å². The summed E-state index contributed by atoms with van der Waals surface area (Å²) in [7, 11) is -3.37. The minimum Gasteiger partial charge on any atom is -0.364 e. The second kappa shape index (κ2) is 7.82. The number of ether oxygens (including phenoxy) is 1. The van der Waals surface area contributed by atoms with Crippen LogP contribution in [0, 0.1) is 0 Å². The summed E-state index contributed by atoms with van der Waals surface area (Å²) >= 11 is 0. The second-order valence-corrected chi connectivity index (χ2v) is 8.49. The third-order valence-corrected chi connectivity index (χ3v) is 6.63. The SMILES string of the molecule is NC[C@H]1CC[C@@H](C(=O)N2CCN(S(=O)(=O)Cc3ccccc3)CC2)O1. The Balaban J connectivity index is 1.54. The summed E-state index contributed by atoms with van der Waals surface area (Å²) in [4.78, 5) is 14.2. The lowest BCUT2D eigenvalue weighted by atomic mass is 10.1. The largest absolute Gasteiger partial charge is 0.364 e. The first-order chi connectivity index (χ1) is 12.0. The van der Waals surface area contributed by atoms with Gasteiger partial charge in [0.2, 0.25) is 10.0 Å². The number of amides is 1. The average molecular weight is 367 g/mol. The zero-order chi connectivity index (χ0) is 17.9. The van der Waals surface area contributed by atoms with Gasteiger partial charge in [-0.3, -0.25) is 4.79 Å². The van der Waals surface area contributed by atoms with E-state index in [-0.39, 0.29) is 17.8 Å². The fraction of sp³-hybridized carbons (Fsp3) is 0.588. The van der Waals surface area contributed by atoms with Gasteiger partial charge in [0.25, 0.3) is 5.91 Å². The van der Waals surface area contributed by atoms with Crippen molar-refractivity contribution in [3.63, 3.8) is 0 Å². The molecule has 1 amide bonds. The third-order valence-electron chi connectivity index (χ3n) is 4.78. The van der Waals surface area contributed by atoms with Crippen LogP contribution in [0.2, 0.25) is 0 Å². The van der Waals surface area contributed by atoms with Crippen molar-refractivity contribution in [2.45, 2.75) is 30.8 Å². The number of carbonyl (C=O) groups is 1. The molecule has 2 N–H and O–H groups in total. The van der Waals surface area contributed by atoms with Crippen molar-refractivity contribution in [2.75, 3.05) is 32.7 Å². The Morgan fingerprint density at radius 2 is 1.80 bits per heavy atom. The first-order valence-corrected chi connectivity index (χ1v) is 10.3. The van der Waals surface area contributed by atoms with E-state index in [1.807, 2.05) is 30.3 Å². The average Bonchev–Trinajstić information content (AvgIpc) is 3.11. The van der Waals surface area contributed by atoms with Gasteiger partial charge < -0.3 is 15.4 Å². The zero-order valence-corrected chi connectivity index (χ0v) is 15.0. The van der Waals surface area contributed by atoms with Crippen LogP contribution in [0.25, 0.3) is 0 Å². The highest BCUT2D eigenvalue weighted by Crippen LogP contribution is 2.22. The monoisotopic (exact) mass is 367 g/mol. The molecular formula is C17H25N3O4S. The van der Waals surface area contributed by atoms with E-state index < -0.39 is 16.1 Å². The Kier molecular flexibility index (Phi) is 5.73. The molecule has 8 heteroatoms. The smallest absolute Gasteiger partial charge is 0.251 e. The standard InChI is InChI=1S/C17H25N3O4S/c18-12-15-6-7-16(24-15)17(21)19-8-10-20(11-9-19)25(22,23)13-14-4-2-1-3-5-14/h1-5,15-16H,6-13,18H2/t15-,16+/m1/s1. The van der Waals surface area contributed by atoms with Crippen molar-refractivity contribution in [3.8, 4) is 0 Å². The van der Waals surface area contributed by atoms with E-state index in [4.69, 9.17) is 10.5 Å². The molecule has 2 heterocycles. The summed E-state index contributed by atoms with van der Waals surface area (Å²) in [5.74, 6) is -0.0535. The molecule has 2 aliphatic rings. The molecule has 25 heavy (non-hydrogen) atoms. The maximum atomic E-state index is 12.6. The molecule has 0 saturated carbocycles. The van der Waals surface area contributed by atoms with Crippen molar-refractivity contribution in [3.05, 3.63) is 35.9 Å². The number of hydrogen-bond acceptors (Lipinski definition) is 5. The molecule has 0 bridgehead atoms. The summed E-state index contributed by atoms with van der Waals surface area (Å²) in [5, 5.41) is 0. The van der Waals surface area contributed by atoms with Gasteiger partial charge in [-0.15, -0.1) is 0 Å². The van der Waals surface area contributed by atoms with E-state index in [1.165, 1.54) is 4.31 Å². The fourth-order valence-electron chi connectivity index (χ4n) is 3.33. The molecule has 7 nitrogen and oxygen atoms in total. The van der Waals surface area contributed by atoms with Crippen LogP contribution in [0.5, 0.6) is 0 Å². The number of carbonyl (C=O) groups excluding carboxylic acids is 1. The lowest BCUT2D eigenvalue weighted by molar-refractivity contribution is -0.143. The van der Waals surface area contributed by atoms with Gasteiger partial charge in [-0.1, -0.05) is 30.3 Å². The van der Waals surface area contributed by atoms with Gasteiger partial charge in [-0.25, -0.2) is 8.42 Å². The quantitative estimate of drug-likeness (QED) is 0.801. The van der Waals surface area contributed by atoms with E-state index in [2.05, 4.69) is 0 Å². The van der Waals surface area contributed by atoms with Crippen LogP contribution in [0.15, 0.2) is 30.3 Å². The molecular weight excluding hydrogens is 342 g/mol. The molecule has 0 spiro atoms. The summed E-state index contributed by atoms with van der Waals surface area (Å²) in [6.45, 7) is 1.89. The number of hydrogen-bond donors (Lipinski definition) is 1. The molecule has 138 valence electrons. The maximum Gasteiger partial charge on any atom is 0.251 e. The molecule has 1 aromatic carbocycles. The lowest BCUT2D eigenvalue weighted by Crippen LogP contribution is -2.53. The summed E-state index contributed by atoms with van der Waals surface area (Å²) in [5.41, 5.74) is 6.35. The molecule has 3 rings (SSSR count). The Hall–Kier alpha value is -1.48. The van der Waals surface area contributed by atoms with Crippen LogP contribution in [0.3, 0.4) is 0 Å². The maximum absolute atomic E-state index is 12.6. The molecule has 2 aliphatic heterocycles. The molecule has 0 radical (unpaired) electrons. The fourth-order valence-corrected chi connectivity index (χ4v) is 4.84. The van der Waals surface area contributed by atoms with E-state index in [9.17, 15) is 13.2 Å². The predicted molar refractivity (Wildman–Crippen MR) is 94.2 cm³/mol. The lowest BCUT2D eigenvalue weighted by Gasteiger charge is -2.35. The first kappa shape index (κ1) is 18.3. The normalized spacial score (nSPS) is 25.2. The van der Waals surface area contributed by atoms with Crippen LogP contribution < -0.4 is 5.73 Å². The highest BCUT2D eigenvalue weighted by Gasteiger charge is 2.35. The third kappa shape index (κ3) is 4.38. The van der Waals surface area contributed by atoms with Crippen molar-refractivity contribution < 1.29 is 17.9 Å². The first-order valence-electron chi connectivity index (χ1n) is 8.65. The van der Waals surface area contributed by atoms with Gasteiger partial charge >= 0.3 is 0 Å². The number of nitrogens with two attached hydrogens (primary N) is 1. The molecule has 0 unspecified atom stereocenters. The van der Waals surface area contributed by atoms with Gasteiger partial charge in [-0.2, -0.15) is 4.31 Å². The minimum atomic E-state index is -3.37. The summed E-state index contributed by atoms with van der Waals surface area (Å²) in [6, 6.07) is 9.14. The van der Waals surface area contributed by atoms with Gasteiger partial charge in [0.05, 0.1) is 11.9 Å². The van der Waals surface area contributed by atoms with Gasteiger partial charge in [0, 0.05) is 32.7 Å². The van der Waals surface area contributed by atoms with Crippen LogP contribution >= 0.6 is 0 Å². The van der Waals surface area contributed by atoms with Crippen LogP contribution in [-0.4, -0.2) is 68.5 Å². The van der Waals surface area contributed by atoms with E-state index in [1.54, 1.807) is 4.90 Å². The Morgan fingerprint density at radius 1 is 1.12 bits per heavy atom. The van der Waals surface area contributed by atoms with Crippen LogP contribution in [0.4, 0.5) is 0 Å². The van der Waals surface area contributed by atoms with Crippen molar-refractivity contribution in [1.29, 1.82) is 0 Å². The number of rotatable bonds is 5. The molecule has 0 aromatic heterocycles. The molecule has 1 aromatic rings. The molecule has 2 fully saturated rings. The van der Waals surface area contributed by atoms with Crippen molar-refractivity contribution in [2.24, 2.45) is 5.73 Å². The minimum absolute atomic E-state index is 0.00823. The summed E-state index contributed by atoms with van der Waals surface area (Å²) < 4.78 is 32.2. The van der Waals surface area contributed by atoms with Gasteiger partial charge in [0.15, 0.2) is 0 Å².